The molecule has 0 aromatic carbocycles. The molecule has 4 fully saturated rings. The van der Waals surface area contributed by atoms with E-state index in [4.69, 9.17) is 98.7 Å². The molecule has 0 spiro atoms. The quantitative estimate of drug-likeness (QED) is 0.0363. The Morgan fingerprint density at radius 1 is 0.649 bits per heavy atom. The second-order valence-corrected chi connectivity index (χ2v) is 26.1. The van der Waals surface area contributed by atoms with Gasteiger partial charge in [0.1, 0.15) is 61.0 Å². The maximum Gasteiger partial charge on any atom is 0.351 e. The Balaban J connectivity index is 0.893. The standard InChI is InChI=1S/C38H50N13O20P3S3/c1-16-10-50(38(58)47-33(16)54)29-7-18(21(11-52)65-29)69-73(60,76)63-14-24-20(9-30(68-24)51-15-42-31-32(51)45-35(41)46-34(31)55)71-74(61,77)64-13-23-19(8-28(67-23)49-5-3-26(40)44-37(49)57)70-72(59,75)62-12-22-17(53)6-27(66-22)48-4-2-25(39)43-36(48)56/h2-5,10,15,17-24,27-30,52-53H,6-9,11-14H2,1H3,(H,59,75)(H,60,76)(H,61,77)(H2,39,43,56)(H2,40,44,57)(H,47,54,58)(H3,41,45,46,55). The number of nitrogens with zero attached hydrogens (tertiary/aromatic N) is 8. The van der Waals surface area contributed by atoms with Crippen LogP contribution in [0.3, 0.4) is 0 Å². The Morgan fingerprint density at radius 2 is 1.10 bits per heavy atom. The summed E-state index contributed by atoms with van der Waals surface area (Å²) in [5, 5.41) is 20.9. The van der Waals surface area contributed by atoms with Crippen molar-refractivity contribution in [2.75, 3.05) is 43.6 Å². The summed E-state index contributed by atoms with van der Waals surface area (Å²) in [6, 6.07) is 2.70. The van der Waals surface area contributed by atoms with Gasteiger partial charge in [-0.2, -0.15) is 15.0 Å². The molecule has 39 heteroatoms. The number of rotatable bonds is 20. The van der Waals surface area contributed by atoms with Crippen LogP contribution in [0.15, 0.2) is 61.0 Å². The zero-order chi connectivity index (χ0) is 55.3. The van der Waals surface area contributed by atoms with Crippen LogP contribution in [0.5, 0.6) is 0 Å². The Bertz CT molecular complexity index is 3480. The summed E-state index contributed by atoms with van der Waals surface area (Å²) in [5.74, 6) is -0.344. The molecule has 0 amide bonds. The maximum absolute atomic E-state index is 12.9. The molecule has 33 nitrogen and oxygen atoms in total. The van der Waals surface area contributed by atoms with Gasteiger partial charge in [0, 0.05) is 49.8 Å². The monoisotopic (exact) mass is 1200 g/mol. The number of hydrogen-bond acceptors (Lipinski definition) is 27. The van der Waals surface area contributed by atoms with Gasteiger partial charge in [-0.1, -0.05) is 0 Å². The summed E-state index contributed by atoms with van der Waals surface area (Å²) < 4.78 is 63.6. The summed E-state index contributed by atoms with van der Waals surface area (Å²) in [6.45, 7) is -14.0. The minimum atomic E-state index is -4.45. The molecule has 15 atom stereocenters. The second-order valence-electron chi connectivity index (χ2n) is 17.8. The molecule has 0 radical (unpaired) electrons. The van der Waals surface area contributed by atoms with Crippen molar-refractivity contribution in [3.05, 3.63) is 94.8 Å². The fraction of sp³-hybridized carbons (Fsp3) is 0.553. The van der Waals surface area contributed by atoms with Crippen LogP contribution >= 0.6 is 20.2 Å². The third kappa shape index (κ3) is 13.3. The van der Waals surface area contributed by atoms with E-state index in [1.165, 1.54) is 48.5 Å². The van der Waals surface area contributed by atoms with Crippen LogP contribution in [0, 0.1) is 6.92 Å². The molecule has 0 saturated carbocycles. The van der Waals surface area contributed by atoms with Crippen LogP contribution in [-0.2, 0) is 81.5 Å². The van der Waals surface area contributed by atoms with Gasteiger partial charge in [-0.3, -0.25) is 37.8 Å². The zero-order valence-electron chi connectivity index (χ0n) is 39.8. The van der Waals surface area contributed by atoms with E-state index in [0.29, 0.717) is 0 Å². The highest BCUT2D eigenvalue weighted by Crippen LogP contribution is 2.54. The Kier molecular flexibility index (Phi) is 17.1. The number of aryl methyl sites for hydroxylation is 1. The molecule has 0 aliphatic carbocycles. The van der Waals surface area contributed by atoms with Crippen molar-refractivity contribution in [2.24, 2.45) is 0 Å². The summed E-state index contributed by atoms with van der Waals surface area (Å²) in [6.07, 6.45) is -9.23. The number of H-pyrrole nitrogens is 2. The summed E-state index contributed by atoms with van der Waals surface area (Å²) >= 11 is 16.2. The van der Waals surface area contributed by atoms with Crippen molar-refractivity contribution in [1.82, 2.24) is 48.2 Å². The van der Waals surface area contributed by atoms with Crippen LogP contribution in [0.2, 0.25) is 0 Å². The predicted molar refractivity (Wildman–Crippen MR) is 274 cm³/mol. The SMILES string of the molecule is Cc1cn(C2CC(OP(O)(=S)OCC3OC(n4cnc5c(=O)[nH]c(N)nc54)CC3OP(O)(=S)OCC3OC(n4ccc(N)nc4=O)CC3OP(O)(=S)OCC3OC(n4ccc(N)nc4=O)CC3O)C(CO)O2)c(=O)[nH]c1=O. The molecule has 13 N–H and O–H groups in total. The average molecular weight is 1200 g/mol. The minimum Gasteiger partial charge on any atom is -0.394 e. The van der Waals surface area contributed by atoms with Gasteiger partial charge >= 0.3 is 37.2 Å². The average Bonchev–Trinajstić information content (AvgIpc) is 4.29. The molecular weight excluding hydrogens is 1150 g/mol. The Hall–Kier alpha value is -4.46. The highest BCUT2D eigenvalue weighted by Gasteiger charge is 2.47. The fourth-order valence-electron chi connectivity index (χ4n) is 8.80. The highest BCUT2D eigenvalue weighted by atomic mass is 32.5. The van der Waals surface area contributed by atoms with Crippen molar-refractivity contribution in [3.63, 3.8) is 0 Å². The number of imidazole rings is 1. The van der Waals surface area contributed by atoms with E-state index in [0.717, 1.165) is 13.7 Å². The van der Waals surface area contributed by atoms with E-state index >= 15 is 0 Å². The summed E-state index contributed by atoms with van der Waals surface area (Å²) in [4.78, 5) is 117. The molecule has 9 heterocycles. The molecule has 4 aliphatic rings. The molecule has 5 aromatic heterocycles. The van der Waals surface area contributed by atoms with Gasteiger partial charge in [0.15, 0.2) is 11.2 Å². The van der Waals surface area contributed by atoms with E-state index in [2.05, 4.69) is 29.9 Å². The van der Waals surface area contributed by atoms with Gasteiger partial charge < -0.3 is 88.2 Å². The fourth-order valence-corrected chi connectivity index (χ4v) is 13.2. The number of anilines is 3. The number of aliphatic hydroxyl groups excluding tert-OH is 2. The van der Waals surface area contributed by atoms with Gasteiger partial charge in [0.2, 0.25) is 5.95 Å². The van der Waals surface area contributed by atoms with Crippen molar-refractivity contribution >= 4 is 84.3 Å². The largest absolute Gasteiger partial charge is 0.394 e. The second kappa shape index (κ2) is 23.0. The smallest absolute Gasteiger partial charge is 0.351 e. The molecule has 4 saturated heterocycles. The molecule has 15 unspecified atom stereocenters. The first-order valence-electron chi connectivity index (χ1n) is 23.0. The molecule has 77 heavy (non-hydrogen) atoms. The van der Waals surface area contributed by atoms with Crippen molar-refractivity contribution in [1.29, 1.82) is 0 Å². The Morgan fingerprint density at radius 3 is 1.62 bits per heavy atom. The Labute approximate surface area is 446 Å². The number of nitrogens with one attached hydrogen (secondary N) is 2. The van der Waals surface area contributed by atoms with Gasteiger partial charge in [-0.05, 0) is 54.5 Å². The highest BCUT2D eigenvalue weighted by molar-refractivity contribution is 8.07. The number of aliphatic hydroxyl groups is 2. The molecule has 5 aromatic rings. The van der Waals surface area contributed by atoms with Gasteiger partial charge in [-0.25, -0.2) is 19.4 Å². The number of fused-ring (bicyclic) bond motifs is 1. The maximum atomic E-state index is 12.9. The molecule has 4 aliphatic heterocycles. The number of aromatic amines is 2. The normalized spacial score (nSPS) is 29.9. The van der Waals surface area contributed by atoms with Crippen LogP contribution in [-0.4, -0.2) is 148 Å². The van der Waals surface area contributed by atoms with Crippen LogP contribution in [0.1, 0.15) is 56.2 Å². The van der Waals surface area contributed by atoms with E-state index in [1.54, 1.807) is 0 Å². The summed E-state index contributed by atoms with van der Waals surface area (Å²) in [5.41, 5.74) is 13.6. The lowest BCUT2D eigenvalue weighted by atomic mass is 10.2. The van der Waals surface area contributed by atoms with E-state index in [9.17, 15) is 48.9 Å². The van der Waals surface area contributed by atoms with Gasteiger partial charge in [-0.15, -0.1) is 0 Å². The third-order valence-corrected chi connectivity index (χ3v) is 17.2. The topological polar surface area (TPSA) is 460 Å². The van der Waals surface area contributed by atoms with Gasteiger partial charge in [0.05, 0.1) is 57.2 Å². The number of ether oxygens (including phenoxy) is 4. The van der Waals surface area contributed by atoms with Crippen LogP contribution in [0.25, 0.3) is 11.2 Å². The number of hydrogen-bond donors (Lipinski definition) is 10. The lowest BCUT2D eigenvalue weighted by Crippen LogP contribution is -2.33. The molecular formula is C38H50N13O20P3S3. The summed E-state index contributed by atoms with van der Waals surface area (Å²) in [7, 11) is 0. The molecule has 9 rings (SSSR count). The molecule has 420 valence electrons. The van der Waals surface area contributed by atoms with Crippen LogP contribution < -0.4 is 45.4 Å². The van der Waals surface area contributed by atoms with E-state index in [-0.39, 0.29) is 60.0 Å². The van der Waals surface area contributed by atoms with Gasteiger partial charge in [0.25, 0.3) is 11.1 Å². The van der Waals surface area contributed by atoms with Crippen molar-refractivity contribution < 1.29 is 71.0 Å². The minimum absolute atomic E-state index is 0.00101. The van der Waals surface area contributed by atoms with Crippen molar-refractivity contribution in [3.8, 4) is 0 Å². The lowest BCUT2D eigenvalue weighted by Gasteiger charge is -2.28. The number of aromatic nitrogens is 10. The first kappa shape index (κ1) is 57.2. The zero-order valence-corrected chi connectivity index (χ0v) is 44.9. The number of nitrogens with two attached hydrogens (primary N) is 3. The van der Waals surface area contributed by atoms with Crippen molar-refractivity contribution in [2.45, 2.75) is 106 Å². The third-order valence-electron chi connectivity index (χ3n) is 12.5. The molecule has 0 bridgehead atoms. The lowest BCUT2D eigenvalue weighted by molar-refractivity contribution is -0.0564. The number of nitrogen functional groups attached to an aromatic ring is 3. The first-order chi connectivity index (χ1) is 36.3. The predicted octanol–water partition coefficient (Wildman–Crippen LogP) is -2.40. The first-order valence-corrected chi connectivity index (χ1v) is 30.7. The van der Waals surface area contributed by atoms with E-state index in [1.807, 2.05) is 0 Å². The van der Waals surface area contributed by atoms with E-state index < -0.39 is 149 Å². The van der Waals surface area contributed by atoms with Crippen LogP contribution in [0.4, 0.5) is 17.6 Å².